The van der Waals surface area contributed by atoms with Crippen molar-refractivity contribution in [2.75, 3.05) is 0 Å². The number of aliphatic hydroxyl groups is 1. The molecule has 0 aliphatic heterocycles. The average Bonchev–Trinajstić information content (AvgIpc) is 2.44. The maximum Gasteiger partial charge on any atom is 0.131 e. The minimum absolute atomic E-state index is 0.152. The molecule has 2 aromatic carbocycles. The molecule has 3 heteroatoms. The summed E-state index contributed by atoms with van der Waals surface area (Å²) in [6.45, 7) is 3.50. The van der Waals surface area contributed by atoms with Crippen LogP contribution >= 0.6 is 0 Å². The molecule has 0 saturated carbocycles. The van der Waals surface area contributed by atoms with Gasteiger partial charge in [-0.1, -0.05) is 37.3 Å². The Kier molecular flexibility index (Phi) is 4.50. The van der Waals surface area contributed by atoms with Crippen molar-refractivity contribution in [2.45, 2.75) is 32.3 Å². The fraction of sp³-hybridized carbons (Fsp3) is 0.294. The zero-order valence-corrected chi connectivity index (χ0v) is 11.6. The van der Waals surface area contributed by atoms with Crippen molar-refractivity contribution in [1.29, 1.82) is 0 Å². The van der Waals surface area contributed by atoms with Gasteiger partial charge >= 0.3 is 0 Å². The van der Waals surface area contributed by atoms with Crippen LogP contribution in [0.1, 0.15) is 42.1 Å². The first-order chi connectivity index (χ1) is 9.54. The highest BCUT2D eigenvalue weighted by Crippen LogP contribution is 2.35. The molecular weight excluding hydrogens is 258 g/mol. The summed E-state index contributed by atoms with van der Waals surface area (Å²) < 4.78 is 27.2. The number of hydrogen-bond donors (Lipinski definition) is 1. The number of hydrogen-bond acceptors (Lipinski definition) is 1. The van der Waals surface area contributed by atoms with E-state index in [1.807, 2.05) is 37.3 Å². The van der Waals surface area contributed by atoms with Gasteiger partial charge in [0.05, 0.1) is 6.10 Å². The van der Waals surface area contributed by atoms with Gasteiger partial charge in [0, 0.05) is 17.5 Å². The SMILES string of the molecule is CCC(c1ccccc1)C(O)c1cc(C)c(F)cc1F. The van der Waals surface area contributed by atoms with Gasteiger partial charge in [0.15, 0.2) is 0 Å². The highest BCUT2D eigenvalue weighted by Gasteiger charge is 2.24. The first-order valence-corrected chi connectivity index (χ1v) is 6.73. The molecule has 2 rings (SSSR count). The van der Waals surface area contributed by atoms with E-state index in [9.17, 15) is 13.9 Å². The Hall–Kier alpha value is -1.74. The number of benzene rings is 2. The molecule has 0 radical (unpaired) electrons. The number of rotatable bonds is 4. The molecule has 106 valence electrons. The van der Waals surface area contributed by atoms with Gasteiger partial charge in [-0.25, -0.2) is 8.78 Å². The first kappa shape index (κ1) is 14.7. The second-order valence-electron chi connectivity index (χ2n) is 4.99. The third-order valence-corrected chi connectivity index (χ3v) is 3.65. The Morgan fingerprint density at radius 2 is 1.70 bits per heavy atom. The van der Waals surface area contributed by atoms with Crippen molar-refractivity contribution in [3.8, 4) is 0 Å². The summed E-state index contributed by atoms with van der Waals surface area (Å²) in [4.78, 5) is 0. The summed E-state index contributed by atoms with van der Waals surface area (Å²) >= 11 is 0. The van der Waals surface area contributed by atoms with Gasteiger partial charge in [0.25, 0.3) is 0 Å². The quantitative estimate of drug-likeness (QED) is 0.871. The fourth-order valence-electron chi connectivity index (χ4n) is 2.46. The monoisotopic (exact) mass is 276 g/mol. The van der Waals surface area contributed by atoms with Gasteiger partial charge < -0.3 is 5.11 Å². The Labute approximate surface area is 117 Å². The van der Waals surface area contributed by atoms with Crippen LogP contribution in [-0.2, 0) is 0 Å². The normalized spacial score (nSPS) is 14.1. The molecule has 0 aliphatic carbocycles. The van der Waals surface area contributed by atoms with Crippen LogP contribution in [0.2, 0.25) is 0 Å². The summed E-state index contributed by atoms with van der Waals surface area (Å²) in [7, 11) is 0. The van der Waals surface area contributed by atoms with E-state index in [0.29, 0.717) is 12.0 Å². The highest BCUT2D eigenvalue weighted by molar-refractivity contribution is 5.31. The van der Waals surface area contributed by atoms with Crippen molar-refractivity contribution >= 4 is 0 Å². The molecule has 0 spiro atoms. The molecule has 0 saturated heterocycles. The van der Waals surface area contributed by atoms with E-state index in [4.69, 9.17) is 0 Å². The van der Waals surface area contributed by atoms with Gasteiger partial charge in [-0.15, -0.1) is 0 Å². The lowest BCUT2D eigenvalue weighted by Crippen LogP contribution is -2.12. The van der Waals surface area contributed by atoms with E-state index < -0.39 is 17.7 Å². The Morgan fingerprint density at radius 1 is 1.05 bits per heavy atom. The maximum atomic E-state index is 13.9. The summed E-state index contributed by atoms with van der Waals surface area (Å²) in [6, 6.07) is 11.7. The molecule has 2 atom stereocenters. The van der Waals surface area contributed by atoms with Crippen LogP contribution in [0.5, 0.6) is 0 Å². The van der Waals surface area contributed by atoms with E-state index in [1.165, 1.54) is 6.07 Å². The third kappa shape index (κ3) is 2.88. The van der Waals surface area contributed by atoms with Crippen molar-refractivity contribution in [2.24, 2.45) is 0 Å². The van der Waals surface area contributed by atoms with E-state index in [1.54, 1.807) is 6.92 Å². The Balaban J connectivity index is 2.39. The second-order valence-corrected chi connectivity index (χ2v) is 4.99. The maximum absolute atomic E-state index is 13.9. The first-order valence-electron chi connectivity index (χ1n) is 6.73. The standard InChI is InChI=1S/C17H18F2O/c1-3-13(12-7-5-4-6-8-12)17(20)14-9-11(2)15(18)10-16(14)19/h4-10,13,17,20H,3H2,1-2H3. The zero-order chi connectivity index (χ0) is 14.7. The van der Waals surface area contributed by atoms with Crippen molar-refractivity contribution in [3.63, 3.8) is 0 Å². The summed E-state index contributed by atoms with van der Waals surface area (Å²) in [6.07, 6.45) is -0.317. The lowest BCUT2D eigenvalue weighted by atomic mass is 9.86. The summed E-state index contributed by atoms with van der Waals surface area (Å²) in [5.74, 6) is -1.50. The van der Waals surface area contributed by atoms with Crippen molar-refractivity contribution in [1.82, 2.24) is 0 Å². The van der Waals surface area contributed by atoms with Gasteiger partial charge in [0.2, 0.25) is 0 Å². The van der Waals surface area contributed by atoms with Crippen molar-refractivity contribution in [3.05, 3.63) is 70.8 Å². The second kappa shape index (κ2) is 6.14. The number of aliphatic hydroxyl groups excluding tert-OH is 1. The van der Waals surface area contributed by atoms with Crippen LogP contribution in [0.4, 0.5) is 8.78 Å². The van der Waals surface area contributed by atoms with E-state index in [0.717, 1.165) is 11.6 Å². The predicted molar refractivity (Wildman–Crippen MR) is 75.5 cm³/mol. The molecule has 0 aromatic heterocycles. The molecular formula is C17H18F2O. The Bertz CT molecular complexity index is 581. The third-order valence-electron chi connectivity index (χ3n) is 3.65. The van der Waals surface area contributed by atoms with Gasteiger partial charge in [0.1, 0.15) is 11.6 Å². The lowest BCUT2D eigenvalue weighted by Gasteiger charge is -2.23. The molecule has 0 heterocycles. The predicted octanol–water partition coefficient (Wildman–Crippen LogP) is 4.50. The summed E-state index contributed by atoms with van der Waals surface area (Å²) in [5, 5.41) is 10.5. The molecule has 1 nitrogen and oxygen atoms in total. The molecule has 0 amide bonds. The lowest BCUT2D eigenvalue weighted by molar-refractivity contribution is 0.138. The fourth-order valence-corrected chi connectivity index (χ4v) is 2.46. The zero-order valence-electron chi connectivity index (χ0n) is 11.6. The minimum Gasteiger partial charge on any atom is -0.388 e. The molecule has 0 fully saturated rings. The highest BCUT2D eigenvalue weighted by atomic mass is 19.1. The molecule has 0 bridgehead atoms. The topological polar surface area (TPSA) is 20.2 Å². The molecule has 20 heavy (non-hydrogen) atoms. The molecule has 0 aliphatic rings. The summed E-state index contributed by atoms with van der Waals surface area (Å²) in [5.41, 5.74) is 1.44. The largest absolute Gasteiger partial charge is 0.388 e. The van der Waals surface area contributed by atoms with Gasteiger partial charge in [-0.05, 0) is 30.5 Å². The number of halogens is 2. The Morgan fingerprint density at radius 3 is 2.30 bits per heavy atom. The smallest absolute Gasteiger partial charge is 0.131 e. The minimum atomic E-state index is -0.985. The van der Waals surface area contributed by atoms with E-state index in [-0.39, 0.29) is 11.5 Å². The molecule has 2 aromatic rings. The van der Waals surface area contributed by atoms with E-state index in [2.05, 4.69) is 0 Å². The van der Waals surface area contributed by atoms with Crippen LogP contribution in [-0.4, -0.2) is 5.11 Å². The van der Waals surface area contributed by atoms with Crippen LogP contribution < -0.4 is 0 Å². The number of aryl methyl sites for hydroxylation is 1. The van der Waals surface area contributed by atoms with E-state index >= 15 is 0 Å². The molecule has 2 unspecified atom stereocenters. The van der Waals surface area contributed by atoms with Crippen LogP contribution in [0.3, 0.4) is 0 Å². The van der Waals surface area contributed by atoms with Gasteiger partial charge in [-0.2, -0.15) is 0 Å². The van der Waals surface area contributed by atoms with Crippen molar-refractivity contribution < 1.29 is 13.9 Å². The van der Waals surface area contributed by atoms with Gasteiger partial charge in [-0.3, -0.25) is 0 Å². The molecule has 1 N–H and O–H groups in total. The average molecular weight is 276 g/mol. The van der Waals surface area contributed by atoms with Crippen LogP contribution in [0.15, 0.2) is 42.5 Å². The van der Waals surface area contributed by atoms with Crippen LogP contribution in [0.25, 0.3) is 0 Å². The van der Waals surface area contributed by atoms with Crippen LogP contribution in [0, 0.1) is 18.6 Å².